The fraction of sp³-hybridized carbons (Fsp3) is 0.351. The third-order valence-corrected chi connectivity index (χ3v) is 18.9. The lowest BCUT2D eigenvalue weighted by Crippen LogP contribution is -2.47. The third kappa shape index (κ3) is 15.1. The summed E-state index contributed by atoms with van der Waals surface area (Å²) in [6, 6.07) is 58.7. The number of hydrogen-bond acceptors (Lipinski definition) is 9. The molecule has 0 radical (unpaired) electrons. The van der Waals surface area contributed by atoms with Gasteiger partial charge in [-0.25, -0.2) is 0 Å². The Kier molecular flexibility index (Phi) is 21.1. The van der Waals surface area contributed by atoms with E-state index in [0.29, 0.717) is 0 Å². The fourth-order valence-electron chi connectivity index (χ4n) is 11.5. The third-order valence-electron chi connectivity index (χ3n) is 15.2. The van der Waals surface area contributed by atoms with Crippen LogP contribution < -0.4 is 16.4 Å². The lowest BCUT2D eigenvalue weighted by atomic mass is 9.75. The van der Waals surface area contributed by atoms with Crippen molar-refractivity contribution in [1.82, 2.24) is 0 Å². The molecule has 0 saturated heterocycles. The summed E-state index contributed by atoms with van der Waals surface area (Å²) in [5.41, 5.74) is 2.79. The maximum atomic E-state index is 6.44. The molecule has 3 heterocycles. The van der Waals surface area contributed by atoms with Gasteiger partial charge in [-0.15, -0.1) is 34.0 Å². The molecule has 12 rings (SSSR count). The van der Waals surface area contributed by atoms with Gasteiger partial charge in [0.1, 0.15) is 0 Å². The SMILES string of the molecule is CC(C)(C)OB(OC(C)(C)C)c1cc2ccccc2c2c1sc1ccccc12.CC(C)OB(OC(C)C)c1cc2ccccc2c2c1sc1ccccc12.CCCCCCOB(OCCCCCC)c1cc2ccccc2c2c1sc1ccccc12. The van der Waals surface area contributed by atoms with E-state index in [2.05, 4.69) is 247 Å². The summed E-state index contributed by atoms with van der Waals surface area (Å²) >= 11 is 5.52. The molecule has 0 aliphatic carbocycles. The Morgan fingerprint density at radius 2 is 0.663 bits per heavy atom. The maximum absolute atomic E-state index is 6.44. The number of hydrogen-bond donors (Lipinski definition) is 0. The van der Waals surface area contributed by atoms with Crippen molar-refractivity contribution in [3.05, 3.63) is 164 Å². The van der Waals surface area contributed by atoms with Crippen molar-refractivity contribution in [3.63, 3.8) is 0 Å². The zero-order valence-corrected chi connectivity index (χ0v) is 55.2. The standard InChI is InChI=1S/C28H35BO2S.C24H27BO2S.C22H23BO2S/c1-3-5-7-13-19-30-29(31-20-14-8-6-4-2)25-21-22-15-9-10-16-23(22)27-24-17-11-12-18-26(24)32-28(25)27;1-23(2,3)26-25(27-24(4,5)6)19-15-16-11-7-8-12-17(16)21-18-13-9-10-14-20(18)28-22(19)21;1-14(2)24-23(25-15(3)4)19-13-16-9-5-6-10-17(16)21-18-11-7-8-12-20(18)26-22(19)21/h9-12,15-18,21H,3-8,13-14,19-20H2,1-2H3;7-15H,1-6H3;5-15H,1-4H3. The fourth-order valence-corrected chi connectivity index (χ4v) is 15.2. The maximum Gasteiger partial charge on any atom is 0.496 e. The van der Waals surface area contributed by atoms with Gasteiger partial charge in [0.05, 0.1) is 0 Å². The first-order chi connectivity index (χ1) is 41.5. The summed E-state index contributed by atoms with van der Waals surface area (Å²) in [6.07, 6.45) is 9.81. The Labute approximate surface area is 523 Å². The minimum atomic E-state index is -0.430. The largest absolute Gasteiger partial charge is 0.496 e. The Morgan fingerprint density at radius 3 is 0.988 bits per heavy atom. The van der Waals surface area contributed by atoms with Gasteiger partial charge in [0.2, 0.25) is 0 Å². The number of rotatable bonds is 21. The van der Waals surface area contributed by atoms with E-state index in [-0.39, 0.29) is 37.6 Å². The van der Waals surface area contributed by atoms with Gasteiger partial charge in [-0.05, 0) is 133 Å². The molecule has 0 fully saturated rings. The molecule has 444 valence electrons. The molecule has 12 heteroatoms. The van der Waals surface area contributed by atoms with Crippen LogP contribution in [0.1, 0.15) is 134 Å². The first-order valence-electron chi connectivity index (χ1n) is 31.4. The van der Waals surface area contributed by atoms with Crippen LogP contribution >= 0.6 is 34.0 Å². The Hall–Kier alpha value is -5.63. The summed E-state index contributed by atoms with van der Waals surface area (Å²) in [4.78, 5) is 0. The first kappa shape index (κ1) is 63.4. The molecular weight excluding hydrogens is 1110 g/mol. The molecule has 86 heavy (non-hydrogen) atoms. The van der Waals surface area contributed by atoms with Crippen molar-refractivity contribution < 1.29 is 27.9 Å². The van der Waals surface area contributed by atoms with Gasteiger partial charge in [0, 0.05) is 114 Å². The van der Waals surface area contributed by atoms with Crippen LogP contribution in [-0.2, 0) is 27.9 Å². The monoisotopic (exact) mass is 1200 g/mol. The minimum Gasteiger partial charge on any atom is -0.407 e. The zero-order valence-electron chi connectivity index (χ0n) is 52.7. The molecule has 9 aromatic carbocycles. The molecule has 0 bridgehead atoms. The zero-order chi connectivity index (χ0) is 60.5. The summed E-state index contributed by atoms with van der Waals surface area (Å²) in [5, 5.41) is 15.5. The molecule has 0 aliphatic heterocycles. The number of unbranched alkanes of at least 4 members (excludes halogenated alkanes) is 6. The number of benzene rings is 9. The van der Waals surface area contributed by atoms with Crippen molar-refractivity contribution in [2.75, 3.05) is 13.2 Å². The average molecular weight is 1200 g/mol. The minimum absolute atomic E-state index is 0.0923. The van der Waals surface area contributed by atoms with Gasteiger partial charge >= 0.3 is 21.4 Å². The van der Waals surface area contributed by atoms with Crippen LogP contribution in [0.25, 0.3) is 92.8 Å². The molecule has 0 saturated carbocycles. The van der Waals surface area contributed by atoms with Crippen molar-refractivity contribution in [1.29, 1.82) is 0 Å². The molecule has 0 spiro atoms. The second-order valence-corrected chi connectivity index (χ2v) is 28.3. The highest BCUT2D eigenvalue weighted by Gasteiger charge is 2.35. The van der Waals surface area contributed by atoms with Crippen LogP contribution in [0.3, 0.4) is 0 Å². The number of fused-ring (bicyclic) bond motifs is 15. The van der Waals surface area contributed by atoms with E-state index in [0.717, 1.165) is 37.0 Å². The Morgan fingerprint density at radius 1 is 0.360 bits per heavy atom. The van der Waals surface area contributed by atoms with Crippen LogP contribution in [0.15, 0.2) is 164 Å². The van der Waals surface area contributed by atoms with Crippen LogP contribution in [0.2, 0.25) is 0 Å². The summed E-state index contributed by atoms with van der Waals surface area (Å²) in [6.45, 7) is 26.7. The van der Waals surface area contributed by atoms with E-state index in [9.17, 15) is 0 Å². The van der Waals surface area contributed by atoms with E-state index in [1.165, 1.54) is 137 Å². The van der Waals surface area contributed by atoms with Gasteiger partial charge in [-0.2, -0.15) is 0 Å². The predicted molar refractivity (Wildman–Crippen MR) is 381 cm³/mol. The normalized spacial score (nSPS) is 12.2. The highest BCUT2D eigenvalue weighted by molar-refractivity contribution is 7.28. The summed E-state index contributed by atoms with van der Waals surface area (Å²) in [5.74, 6) is 0. The molecular formula is C74H85B3O6S3. The molecule has 3 aromatic heterocycles. The lowest BCUT2D eigenvalue weighted by molar-refractivity contribution is 0.0410. The van der Waals surface area contributed by atoms with E-state index >= 15 is 0 Å². The molecule has 0 unspecified atom stereocenters. The van der Waals surface area contributed by atoms with E-state index in [1.54, 1.807) is 0 Å². The summed E-state index contributed by atoms with van der Waals surface area (Å²) in [7, 11) is -1.10. The van der Waals surface area contributed by atoms with Crippen molar-refractivity contribution in [2.45, 2.75) is 158 Å². The van der Waals surface area contributed by atoms with Gasteiger partial charge in [0.15, 0.2) is 0 Å². The second kappa shape index (κ2) is 28.7. The van der Waals surface area contributed by atoms with E-state index in [1.807, 2.05) is 34.0 Å². The predicted octanol–water partition coefficient (Wildman–Crippen LogP) is 20.4. The highest BCUT2D eigenvalue weighted by Crippen LogP contribution is 2.41. The quantitative estimate of drug-likeness (QED) is 0.0528. The molecule has 6 nitrogen and oxygen atoms in total. The topological polar surface area (TPSA) is 55.4 Å². The van der Waals surface area contributed by atoms with Crippen LogP contribution in [-0.4, -0.2) is 58.0 Å². The lowest BCUT2D eigenvalue weighted by Gasteiger charge is -2.31. The first-order valence-corrected chi connectivity index (χ1v) is 33.8. The Balaban J connectivity index is 0.000000144. The highest BCUT2D eigenvalue weighted by atomic mass is 32.1. The van der Waals surface area contributed by atoms with Gasteiger partial charge in [0.25, 0.3) is 0 Å². The second-order valence-electron chi connectivity index (χ2n) is 25.2. The number of thiophene rings is 3. The van der Waals surface area contributed by atoms with Crippen LogP contribution in [0.4, 0.5) is 0 Å². The van der Waals surface area contributed by atoms with Gasteiger partial charge < -0.3 is 27.9 Å². The molecule has 0 aliphatic rings. The molecule has 0 N–H and O–H groups in total. The smallest absolute Gasteiger partial charge is 0.407 e. The van der Waals surface area contributed by atoms with Crippen molar-refractivity contribution in [2.24, 2.45) is 0 Å². The summed E-state index contributed by atoms with van der Waals surface area (Å²) < 4.78 is 45.8. The van der Waals surface area contributed by atoms with Gasteiger partial charge in [-0.3, -0.25) is 0 Å². The van der Waals surface area contributed by atoms with E-state index < -0.39 is 7.12 Å². The molecule has 0 amide bonds. The van der Waals surface area contributed by atoms with Crippen molar-refractivity contribution in [3.8, 4) is 0 Å². The Bertz CT molecular complexity index is 4170. The van der Waals surface area contributed by atoms with Crippen molar-refractivity contribution >= 4 is 165 Å². The molecule has 12 aromatic rings. The molecule has 0 atom stereocenters. The van der Waals surface area contributed by atoms with Gasteiger partial charge in [-0.1, -0.05) is 198 Å². The average Bonchev–Trinajstić information content (AvgIpc) is 1.63. The van der Waals surface area contributed by atoms with E-state index in [4.69, 9.17) is 27.9 Å². The van der Waals surface area contributed by atoms with Crippen LogP contribution in [0.5, 0.6) is 0 Å². The van der Waals surface area contributed by atoms with Crippen LogP contribution in [0, 0.1) is 0 Å².